The van der Waals surface area contributed by atoms with E-state index in [-0.39, 0.29) is 23.4 Å². The van der Waals surface area contributed by atoms with Crippen LogP contribution in [0.2, 0.25) is 0 Å². The summed E-state index contributed by atoms with van der Waals surface area (Å²) in [5.74, 6) is 1.52. The van der Waals surface area contributed by atoms with Crippen LogP contribution in [-0.2, 0) is 4.74 Å². The van der Waals surface area contributed by atoms with E-state index in [0.29, 0.717) is 12.4 Å². The zero-order valence-corrected chi connectivity index (χ0v) is 23.5. The molecule has 208 valence electrons. The van der Waals surface area contributed by atoms with Gasteiger partial charge in [0.15, 0.2) is 11.5 Å². The fourth-order valence-corrected chi connectivity index (χ4v) is 5.47. The summed E-state index contributed by atoms with van der Waals surface area (Å²) < 4.78 is 7.24. The van der Waals surface area contributed by atoms with E-state index in [0.717, 1.165) is 73.7 Å². The van der Waals surface area contributed by atoms with Crippen LogP contribution in [0.25, 0.3) is 5.65 Å². The number of amides is 2. The topological polar surface area (TPSA) is 127 Å². The molecule has 0 bridgehead atoms. The van der Waals surface area contributed by atoms with Crippen molar-refractivity contribution in [2.45, 2.75) is 78.2 Å². The average molecular weight is 535 g/mol. The number of aryl methyl sites for hydroxylation is 2. The van der Waals surface area contributed by atoms with Gasteiger partial charge in [-0.05, 0) is 59.8 Å². The summed E-state index contributed by atoms with van der Waals surface area (Å²) in [5.41, 5.74) is 3.04. The van der Waals surface area contributed by atoms with Gasteiger partial charge in [0.1, 0.15) is 17.1 Å². The number of imidazole rings is 1. The fourth-order valence-electron chi connectivity index (χ4n) is 5.47. The first-order chi connectivity index (χ1) is 18.6. The summed E-state index contributed by atoms with van der Waals surface area (Å²) in [5, 5.41) is 5.79. The molecule has 2 aliphatic rings. The van der Waals surface area contributed by atoms with Crippen molar-refractivity contribution in [3.63, 3.8) is 0 Å². The maximum Gasteiger partial charge on any atom is 0.407 e. The zero-order chi connectivity index (χ0) is 27.7. The molecule has 0 spiro atoms. The first-order valence-corrected chi connectivity index (χ1v) is 13.8. The number of hydrogen-bond acceptors (Lipinski definition) is 8. The molecular weight excluding hydrogens is 496 g/mol. The summed E-state index contributed by atoms with van der Waals surface area (Å²) in [6.07, 6.45) is 10.1. The van der Waals surface area contributed by atoms with E-state index in [1.165, 1.54) is 0 Å². The molecule has 1 aliphatic heterocycles. The van der Waals surface area contributed by atoms with Crippen LogP contribution in [0.4, 0.5) is 16.4 Å². The molecule has 4 heterocycles. The van der Waals surface area contributed by atoms with Crippen LogP contribution < -0.4 is 15.5 Å². The molecule has 11 nitrogen and oxygen atoms in total. The van der Waals surface area contributed by atoms with E-state index in [4.69, 9.17) is 14.7 Å². The third-order valence-corrected chi connectivity index (χ3v) is 7.24. The fraction of sp³-hybridized carbons (Fsp3) is 0.571. The van der Waals surface area contributed by atoms with Gasteiger partial charge in [0.05, 0.1) is 29.5 Å². The summed E-state index contributed by atoms with van der Waals surface area (Å²) in [4.78, 5) is 46.2. The second-order valence-electron chi connectivity index (χ2n) is 11.7. The number of rotatable bonds is 6. The summed E-state index contributed by atoms with van der Waals surface area (Å²) in [7, 11) is 0. The standard InChI is InChI=1S/C28H38N8O3/c1-17-14-36-16-22(32-18(2)24(36)31-17)34-26(37)21-13-29-25(23(33-21)20-8-6-7-9-20)35-11-10-19(15-35)12-30-27(38)39-28(3,4)5/h13-14,16,19-20H,6-12,15H2,1-5H3,(H,30,38)(H,34,37)/t19-/m0/s1. The Labute approximate surface area is 228 Å². The molecule has 1 saturated carbocycles. The number of nitrogens with one attached hydrogen (secondary N) is 2. The third kappa shape index (κ3) is 6.29. The van der Waals surface area contributed by atoms with E-state index in [2.05, 4.69) is 25.5 Å². The van der Waals surface area contributed by atoms with Crippen LogP contribution in [0.5, 0.6) is 0 Å². The van der Waals surface area contributed by atoms with Gasteiger partial charge in [-0.25, -0.2) is 24.7 Å². The van der Waals surface area contributed by atoms with Gasteiger partial charge in [-0.1, -0.05) is 12.8 Å². The molecule has 3 aromatic heterocycles. The smallest absolute Gasteiger partial charge is 0.407 e. The van der Waals surface area contributed by atoms with E-state index < -0.39 is 11.7 Å². The molecule has 1 saturated heterocycles. The first kappa shape index (κ1) is 26.8. The Hall–Kier alpha value is -3.76. The van der Waals surface area contributed by atoms with Gasteiger partial charge in [0.25, 0.3) is 5.91 Å². The molecule has 39 heavy (non-hydrogen) atoms. The second-order valence-corrected chi connectivity index (χ2v) is 11.7. The molecule has 11 heteroatoms. The maximum atomic E-state index is 13.2. The molecule has 2 amide bonds. The van der Waals surface area contributed by atoms with Crippen molar-refractivity contribution in [3.05, 3.63) is 41.4 Å². The van der Waals surface area contributed by atoms with Crippen LogP contribution in [0.3, 0.4) is 0 Å². The number of ether oxygens (including phenoxy) is 1. The Kier molecular flexibility index (Phi) is 7.42. The van der Waals surface area contributed by atoms with E-state index in [9.17, 15) is 9.59 Å². The van der Waals surface area contributed by atoms with Crippen LogP contribution in [0, 0.1) is 19.8 Å². The Balaban J connectivity index is 1.30. The quantitative estimate of drug-likeness (QED) is 0.477. The predicted molar refractivity (Wildman–Crippen MR) is 148 cm³/mol. The van der Waals surface area contributed by atoms with Crippen LogP contribution in [-0.4, -0.2) is 61.6 Å². The SMILES string of the molecule is Cc1cn2cc(NC(=O)c3cnc(N4CC[C@@H](CNC(=O)OC(C)(C)C)C4)c(C4CCCC4)n3)nc(C)c2n1. The Morgan fingerprint density at radius 1 is 1.08 bits per heavy atom. The highest BCUT2D eigenvalue weighted by atomic mass is 16.6. The van der Waals surface area contributed by atoms with Crippen molar-refractivity contribution in [3.8, 4) is 0 Å². The number of alkyl carbamates (subject to hydrolysis) is 1. The number of carbonyl (C=O) groups is 2. The second kappa shape index (κ2) is 10.8. The van der Waals surface area contributed by atoms with Crippen molar-refractivity contribution in [1.82, 2.24) is 29.7 Å². The number of fused-ring (bicyclic) bond motifs is 1. The Bertz CT molecular complexity index is 1370. The number of anilines is 2. The number of aromatic nitrogens is 5. The largest absolute Gasteiger partial charge is 0.444 e. The van der Waals surface area contributed by atoms with E-state index >= 15 is 0 Å². The van der Waals surface area contributed by atoms with Gasteiger partial charge >= 0.3 is 6.09 Å². The third-order valence-electron chi connectivity index (χ3n) is 7.24. The van der Waals surface area contributed by atoms with Crippen LogP contribution in [0.1, 0.15) is 86.4 Å². The molecular formula is C28H38N8O3. The average Bonchev–Trinajstić information content (AvgIpc) is 3.62. The van der Waals surface area contributed by atoms with Crippen molar-refractivity contribution < 1.29 is 14.3 Å². The van der Waals surface area contributed by atoms with Crippen molar-refractivity contribution in [1.29, 1.82) is 0 Å². The minimum Gasteiger partial charge on any atom is -0.444 e. The molecule has 0 aromatic carbocycles. The molecule has 2 fully saturated rings. The Morgan fingerprint density at radius 3 is 2.59 bits per heavy atom. The lowest BCUT2D eigenvalue weighted by Gasteiger charge is -2.23. The summed E-state index contributed by atoms with van der Waals surface area (Å²) in [6, 6.07) is 0. The lowest BCUT2D eigenvalue weighted by atomic mass is 10.0. The summed E-state index contributed by atoms with van der Waals surface area (Å²) >= 11 is 0. The highest BCUT2D eigenvalue weighted by Gasteiger charge is 2.31. The van der Waals surface area contributed by atoms with E-state index in [1.54, 1.807) is 12.4 Å². The molecule has 0 radical (unpaired) electrons. The minimum absolute atomic E-state index is 0.282. The van der Waals surface area contributed by atoms with Crippen LogP contribution >= 0.6 is 0 Å². The van der Waals surface area contributed by atoms with Crippen molar-refractivity contribution >= 4 is 29.3 Å². The molecule has 5 rings (SSSR count). The van der Waals surface area contributed by atoms with Crippen molar-refractivity contribution in [2.75, 3.05) is 29.9 Å². The Morgan fingerprint density at radius 2 is 1.85 bits per heavy atom. The monoisotopic (exact) mass is 534 g/mol. The number of nitrogens with zero attached hydrogens (tertiary/aromatic N) is 6. The van der Waals surface area contributed by atoms with Gasteiger partial charge in [-0.3, -0.25) is 4.79 Å². The van der Waals surface area contributed by atoms with Gasteiger partial charge < -0.3 is 24.7 Å². The van der Waals surface area contributed by atoms with Gasteiger partial charge in [0, 0.05) is 31.7 Å². The maximum absolute atomic E-state index is 13.2. The minimum atomic E-state index is -0.522. The number of hydrogen-bond donors (Lipinski definition) is 2. The molecule has 1 aliphatic carbocycles. The number of carbonyl (C=O) groups excluding carboxylic acids is 2. The molecule has 0 unspecified atom stereocenters. The lowest BCUT2D eigenvalue weighted by molar-refractivity contribution is 0.0520. The van der Waals surface area contributed by atoms with Gasteiger partial charge in [0.2, 0.25) is 0 Å². The predicted octanol–water partition coefficient (Wildman–Crippen LogP) is 4.40. The highest BCUT2D eigenvalue weighted by Crippen LogP contribution is 2.38. The van der Waals surface area contributed by atoms with Gasteiger partial charge in [-0.2, -0.15) is 0 Å². The summed E-state index contributed by atoms with van der Waals surface area (Å²) in [6.45, 7) is 11.5. The van der Waals surface area contributed by atoms with Crippen LogP contribution in [0.15, 0.2) is 18.6 Å². The molecule has 1 atom stereocenters. The molecule has 3 aromatic rings. The van der Waals surface area contributed by atoms with Gasteiger partial charge in [-0.15, -0.1) is 0 Å². The highest BCUT2D eigenvalue weighted by molar-refractivity contribution is 6.02. The lowest BCUT2D eigenvalue weighted by Crippen LogP contribution is -2.36. The zero-order valence-electron chi connectivity index (χ0n) is 23.5. The normalized spacial score (nSPS) is 18.1. The van der Waals surface area contributed by atoms with E-state index in [1.807, 2.05) is 45.2 Å². The molecule has 2 N–H and O–H groups in total. The first-order valence-electron chi connectivity index (χ1n) is 13.8. The van der Waals surface area contributed by atoms with Crippen molar-refractivity contribution in [2.24, 2.45) is 5.92 Å².